The van der Waals surface area contributed by atoms with E-state index in [9.17, 15) is 0 Å². The monoisotopic (exact) mass is 256 g/mol. The van der Waals surface area contributed by atoms with Gasteiger partial charge in [0.05, 0.1) is 18.8 Å². The fourth-order valence-electron chi connectivity index (χ4n) is 2.02. The van der Waals surface area contributed by atoms with Crippen molar-refractivity contribution in [2.24, 2.45) is 5.73 Å². The van der Waals surface area contributed by atoms with Gasteiger partial charge in [0.15, 0.2) is 0 Å². The maximum atomic E-state index is 6.32. The van der Waals surface area contributed by atoms with Crippen molar-refractivity contribution < 1.29 is 4.74 Å². The molecule has 19 heavy (non-hydrogen) atoms. The zero-order valence-corrected chi connectivity index (χ0v) is 11.5. The highest BCUT2D eigenvalue weighted by Crippen LogP contribution is 2.24. The van der Waals surface area contributed by atoms with E-state index in [0.29, 0.717) is 6.61 Å². The number of aryl methyl sites for hydroxylation is 1. The van der Waals surface area contributed by atoms with E-state index >= 15 is 0 Å². The van der Waals surface area contributed by atoms with Crippen molar-refractivity contribution in [3.05, 3.63) is 59.4 Å². The molecule has 1 aromatic carbocycles. The lowest BCUT2D eigenvalue weighted by molar-refractivity contribution is 0.315. The Morgan fingerprint density at radius 3 is 2.79 bits per heavy atom. The third kappa shape index (κ3) is 3.32. The van der Waals surface area contributed by atoms with Gasteiger partial charge in [0, 0.05) is 6.20 Å². The zero-order chi connectivity index (χ0) is 13.7. The standard InChI is InChI=1S/C16H20N2O/c1-3-8-19-14-9-13(10-18-11-14)16(17)15-7-5-4-6-12(15)2/h4-7,9-11,16H,3,8,17H2,1-2H3. The van der Waals surface area contributed by atoms with E-state index in [0.717, 1.165) is 23.3 Å². The van der Waals surface area contributed by atoms with E-state index in [1.54, 1.807) is 12.4 Å². The Bertz CT molecular complexity index is 540. The molecule has 1 heterocycles. The molecule has 1 unspecified atom stereocenters. The van der Waals surface area contributed by atoms with Gasteiger partial charge in [0.1, 0.15) is 5.75 Å². The number of rotatable bonds is 5. The number of benzene rings is 1. The van der Waals surface area contributed by atoms with Gasteiger partial charge in [0.2, 0.25) is 0 Å². The van der Waals surface area contributed by atoms with Crippen LogP contribution in [0, 0.1) is 6.92 Å². The molecule has 0 aliphatic carbocycles. The van der Waals surface area contributed by atoms with Crippen LogP contribution >= 0.6 is 0 Å². The maximum Gasteiger partial charge on any atom is 0.137 e. The number of nitrogens with zero attached hydrogens (tertiary/aromatic N) is 1. The molecule has 100 valence electrons. The van der Waals surface area contributed by atoms with Gasteiger partial charge in [-0.1, -0.05) is 31.2 Å². The first-order chi connectivity index (χ1) is 9.22. The second-order valence-electron chi connectivity index (χ2n) is 4.64. The third-order valence-corrected chi connectivity index (χ3v) is 3.09. The van der Waals surface area contributed by atoms with Crippen LogP contribution < -0.4 is 10.5 Å². The van der Waals surface area contributed by atoms with Crippen molar-refractivity contribution in [3.8, 4) is 5.75 Å². The normalized spacial score (nSPS) is 12.2. The summed E-state index contributed by atoms with van der Waals surface area (Å²) in [6, 6.07) is 9.95. The predicted molar refractivity (Wildman–Crippen MR) is 77.2 cm³/mol. The highest BCUT2D eigenvalue weighted by Gasteiger charge is 2.12. The minimum atomic E-state index is -0.168. The molecule has 1 aromatic heterocycles. The molecule has 0 radical (unpaired) electrons. The second kappa shape index (κ2) is 6.34. The first-order valence-corrected chi connectivity index (χ1v) is 6.61. The number of ether oxygens (including phenoxy) is 1. The van der Waals surface area contributed by atoms with Gasteiger partial charge in [-0.2, -0.15) is 0 Å². The highest BCUT2D eigenvalue weighted by molar-refractivity contribution is 5.37. The minimum Gasteiger partial charge on any atom is -0.492 e. The van der Waals surface area contributed by atoms with Crippen molar-refractivity contribution in [2.45, 2.75) is 26.3 Å². The molecule has 2 aromatic rings. The predicted octanol–water partition coefficient (Wildman–Crippen LogP) is 3.23. The van der Waals surface area contributed by atoms with Gasteiger partial charge in [-0.3, -0.25) is 4.98 Å². The van der Waals surface area contributed by atoms with Gasteiger partial charge in [-0.05, 0) is 36.1 Å². The summed E-state index contributed by atoms with van der Waals surface area (Å²) in [5, 5.41) is 0. The summed E-state index contributed by atoms with van der Waals surface area (Å²) in [6.07, 6.45) is 4.51. The Kier molecular flexibility index (Phi) is 4.53. The van der Waals surface area contributed by atoms with Crippen LogP contribution in [-0.4, -0.2) is 11.6 Å². The van der Waals surface area contributed by atoms with E-state index in [4.69, 9.17) is 10.5 Å². The van der Waals surface area contributed by atoms with Crippen molar-refractivity contribution in [2.75, 3.05) is 6.61 Å². The quantitative estimate of drug-likeness (QED) is 0.893. The average molecular weight is 256 g/mol. The van der Waals surface area contributed by atoms with Gasteiger partial charge >= 0.3 is 0 Å². The summed E-state index contributed by atoms with van der Waals surface area (Å²) >= 11 is 0. The molecule has 0 bridgehead atoms. The lowest BCUT2D eigenvalue weighted by Crippen LogP contribution is -2.13. The van der Waals surface area contributed by atoms with Gasteiger partial charge < -0.3 is 10.5 Å². The third-order valence-electron chi connectivity index (χ3n) is 3.09. The summed E-state index contributed by atoms with van der Waals surface area (Å²) in [5.41, 5.74) is 9.61. The first-order valence-electron chi connectivity index (χ1n) is 6.61. The fraction of sp³-hybridized carbons (Fsp3) is 0.312. The molecule has 1 atom stereocenters. The Morgan fingerprint density at radius 1 is 1.26 bits per heavy atom. The number of hydrogen-bond donors (Lipinski definition) is 1. The number of nitrogens with two attached hydrogens (primary N) is 1. The summed E-state index contributed by atoms with van der Waals surface area (Å²) < 4.78 is 5.59. The molecule has 0 aliphatic rings. The molecule has 0 fully saturated rings. The van der Waals surface area contributed by atoms with Gasteiger partial charge in [0.25, 0.3) is 0 Å². The second-order valence-corrected chi connectivity index (χ2v) is 4.64. The molecule has 0 saturated heterocycles. The van der Waals surface area contributed by atoms with Crippen molar-refractivity contribution in [1.82, 2.24) is 4.98 Å². The lowest BCUT2D eigenvalue weighted by atomic mass is 9.97. The summed E-state index contributed by atoms with van der Waals surface area (Å²) in [5.74, 6) is 0.781. The molecule has 0 aliphatic heterocycles. The summed E-state index contributed by atoms with van der Waals surface area (Å²) in [6.45, 7) is 4.85. The largest absolute Gasteiger partial charge is 0.492 e. The molecule has 0 amide bonds. The lowest BCUT2D eigenvalue weighted by Gasteiger charge is -2.15. The molecule has 2 rings (SSSR count). The molecular weight excluding hydrogens is 236 g/mol. The minimum absolute atomic E-state index is 0.168. The van der Waals surface area contributed by atoms with Crippen LogP contribution in [0.5, 0.6) is 5.75 Å². The number of hydrogen-bond acceptors (Lipinski definition) is 3. The highest BCUT2D eigenvalue weighted by atomic mass is 16.5. The molecule has 2 N–H and O–H groups in total. The Morgan fingerprint density at radius 2 is 2.05 bits per heavy atom. The average Bonchev–Trinajstić information content (AvgIpc) is 2.45. The van der Waals surface area contributed by atoms with Gasteiger partial charge in [-0.25, -0.2) is 0 Å². The SMILES string of the molecule is CCCOc1cncc(C(N)c2ccccc2C)c1. The first kappa shape index (κ1) is 13.6. The zero-order valence-electron chi connectivity index (χ0n) is 11.5. The van der Waals surface area contributed by atoms with Crippen LogP contribution in [0.1, 0.15) is 36.1 Å². The Hall–Kier alpha value is -1.87. The van der Waals surface area contributed by atoms with Crippen LogP contribution in [-0.2, 0) is 0 Å². The smallest absolute Gasteiger partial charge is 0.137 e. The van der Waals surface area contributed by atoms with Crippen molar-refractivity contribution >= 4 is 0 Å². The fourth-order valence-corrected chi connectivity index (χ4v) is 2.02. The Labute approximate surface area is 114 Å². The van der Waals surface area contributed by atoms with E-state index in [2.05, 4.69) is 31.0 Å². The maximum absolute atomic E-state index is 6.32. The molecule has 0 saturated carbocycles. The number of aromatic nitrogens is 1. The van der Waals surface area contributed by atoms with Crippen LogP contribution in [0.4, 0.5) is 0 Å². The number of pyridine rings is 1. The van der Waals surface area contributed by atoms with Crippen molar-refractivity contribution in [3.63, 3.8) is 0 Å². The van der Waals surface area contributed by atoms with Crippen molar-refractivity contribution in [1.29, 1.82) is 0 Å². The van der Waals surface area contributed by atoms with Crippen LogP contribution in [0.25, 0.3) is 0 Å². The molecule has 0 spiro atoms. The van der Waals surface area contributed by atoms with E-state index in [1.165, 1.54) is 5.56 Å². The van der Waals surface area contributed by atoms with Crippen LogP contribution in [0.2, 0.25) is 0 Å². The molecular formula is C16H20N2O. The summed E-state index contributed by atoms with van der Waals surface area (Å²) in [4.78, 5) is 4.21. The van der Waals surface area contributed by atoms with E-state index < -0.39 is 0 Å². The summed E-state index contributed by atoms with van der Waals surface area (Å²) in [7, 11) is 0. The van der Waals surface area contributed by atoms with Crippen LogP contribution in [0.3, 0.4) is 0 Å². The topological polar surface area (TPSA) is 48.1 Å². The van der Waals surface area contributed by atoms with E-state index in [-0.39, 0.29) is 6.04 Å². The van der Waals surface area contributed by atoms with Crippen LogP contribution in [0.15, 0.2) is 42.7 Å². The molecule has 3 nitrogen and oxygen atoms in total. The van der Waals surface area contributed by atoms with Gasteiger partial charge in [-0.15, -0.1) is 0 Å². The van der Waals surface area contributed by atoms with E-state index in [1.807, 2.05) is 18.2 Å². The Balaban J connectivity index is 2.24. The molecule has 3 heteroatoms.